The molecule has 0 radical (unpaired) electrons. The lowest BCUT2D eigenvalue weighted by Gasteiger charge is -2.26. The van der Waals surface area contributed by atoms with E-state index in [0.717, 1.165) is 5.75 Å². The molecule has 0 saturated heterocycles. The predicted molar refractivity (Wildman–Crippen MR) is 65.7 cm³/mol. The minimum Gasteiger partial charge on any atom is -0.486 e. The van der Waals surface area contributed by atoms with Crippen molar-refractivity contribution in [1.29, 1.82) is 0 Å². The Morgan fingerprint density at radius 3 is 2.82 bits per heavy atom. The maximum Gasteiger partial charge on any atom is 0.233 e. The van der Waals surface area contributed by atoms with E-state index in [1.54, 1.807) is 0 Å². The smallest absolute Gasteiger partial charge is 0.233 e. The number of halogens is 1. The zero-order chi connectivity index (χ0) is 11.4. The van der Waals surface area contributed by atoms with E-state index in [2.05, 4.69) is 5.32 Å². The number of hydrogen-bond donors (Lipinski definition) is 2. The van der Waals surface area contributed by atoms with Crippen molar-refractivity contribution in [3.05, 3.63) is 24.3 Å². The van der Waals surface area contributed by atoms with Crippen LogP contribution in [0, 0.1) is 0 Å². The molecule has 0 aliphatic carbocycles. The molecule has 0 aromatic heterocycles. The molecule has 6 heteroatoms. The van der Waals surface area contributed by atoms with Gasteiger partial charge in [0.25, 0.3) is 0 Å². The van der Waals surface area contributed by atoms with Gasteiger partial charge in [-0.3, -0.25) is 4.79 Å². The molecule has 0 spiro atoms. The van der Waals surface area contributed by atoms with Gasteiger partial charge in [-0.15, -0.1) is 12.4 Å². The van der Waals surface area contributed by atoms with E-state index >= 15 is 0 Å². The Bertz CT molecular complexity index is 387. The lowest BCUT2D eigenvalue weighted by molar-refractivity contribution is -0.120. The summed E-state index contributed by atoms with van der Waals surface area (Å²) in [5.74, 6) is 1.26. The van der Waals surface area contributed by atoms with Gasteiger partial charge in [-0.2, -0.15) is 0 Å². The molecule has 0 saturated carbocycles. The third-order valence-corrected chi connectivity index (χ3v) is 2.28. The molecule has 3 N–H and O–H groups in total. The Labute approximate surface area is 106 Å². The second kappa shape index (κ2) is 6.32. The number of carbonyl (C=O) groups excluding carboxylic acids is 1. The number of ether oxygens (including phenoxy) is 2. The van der Waals surface area contributed by atoms with Crippen LogP contribution in [0.15, 0.2) is 24.3 Å². The molecule has 1 aliphatic rings. The molecular formula is C11H15ClN2O3. The first-order valence-electron chi connectivity index (χ1n) is 5.15. The van der Waals surface area contributed by atoms with Gasteiger partial charge in [-0.05, 0) is 12.1 Å². The van der Waals surface area contributed by atoms with Crippen LogP contribution in [0.4, 0.5) is 0 Å². The zero-order valence-corrected chi connectivity index (χ0v) is 10.0. The number of hydrogen-bond acceptors (Lipinski definition) is 4. The van der Waals surface area contributed by atoms with Crippen molar-refractivity contribution in [2.45, 2.75) is 6.10 Å². The molecule has 1 heterocycles. The molecule has 1 atom stereocenters. The van der Waals surface area contributed by atoms with Crippen LogP contribution in [0.3, 0.4) is 0 Å². The van der Waals surface area contributed by atoms with E-state index in [0.29, 0.717) is 18.9 Å². The normalized spacial score (nSPS) is 16.9. The molecule has 0 bridgehead atoms. The number of amides is 1. The fraction of sp³-hybridized carbons (Fsp3) is 0.364. The number of carbonyl (C=O) groups is 1. The van der Waals surface area contributed by atoms with E-state index in [-0.39, 0.29) is 31.0 Å². The van der Waals surface area contributed by atoms with Crippen molar-refractivity contribution in [2.24, 2.45) is 5.73 Å². The van der Waals surface area contributed by atoms with Gasteiger partial charge in [0, 0.05) is 0 Å². The highest BCUT2D eigenvalue weighted by Crippen LogP contribution is 2.30. The third-order valence-electron chi connectivity index (χ3n) is 2.28. The summed E-state index contributed by atoms with van der Waals surface area (Å²) < 4.78 is 11.1. The average Bonchev–Trinajstić information content (AvgIpc) is 2.35. The molecule has 1 aliphatic heterocycles. The summed E-state index contributed by atoms with van der Waals surface area (Å²) in [4.78, 5) is 11.0. The van der Waals surface area contributed by atoms with E-state index in [4.69, 9.17) is 15.2 Å². The largest absolute Gasteiger partial charge is 0.486 e. The second-order valence-corrected chi connectivity index (χ2v) is 3.51. The highest BCUT2D eigenvalue weighted by Gasteiger charge is 2.20. The number of rotatable bonds is 3. The van der Waals surface area contributed by atoms with Crippen molar-refractivity contribution < 1.29 is 14.3 Å². The Hall–Kier alpha value is -1.46. The van der Waals surface area contributed by atoms with Gasteiger partial charge in [0.2, 0.25) is 5.91 Å². The molecule has 94 valence electrons. The summed E-state index contributed by atoms with van der Waals surface area (Å²) in [6, 6.07) is 7.46. The maximum absolute atomic E-state index is 11.0. The zero-order valence-electron chi connectivity index (χ0n) is 9.22. The van der Waals surface area contributed by atoms with Gasteiger partial charge in [0.1, 0.15) is 12.7 Å². The molecule has 2 rings (SSSR count). The predicted octanol–water partition coefficient (Wildman–Crippen LogP) is 0.323. The second-order valence-electron chi connectivity index (χ2n) is 3.51. The summed E-state index contributed by atoms with van der Waals surface area (Å²) in [6.07, 6.45) is -0.162. The van der Waals surface area contributed by atoms with E-state index in [1.165, 1.54) is 0 Å². The summed E-state index contributed by atoms with van der Waals surface area (Å²) in [7, 11) is 0. The number of benzene rings is 1. The Morgan fingerprint density at radius 2 is 2.12 bits per heavy atom. The fourth-order valence-corrected chi connectivity index (χ4v) is 1.46. The maximum atomic E-state index is 11.0. The van der Waals surface area contributed by atoms with Crippen molar-refractivity contribution in [3.63, 3.8) is 0 Å². The van der Waals surface area contributed by atoms with Crippen LogP contribution in [0.2, 0.25) is 0 Å². The summed E-state index contributed by atoms with van der Waals surface area (Å²) >= 11 is 0. The lowest BCUT2D eigenvalue weighted by atomic mass is 10.2. The Morgan fingerprint density at radius 1 is 1.41 bits per heavy atom. The molecular weight excluding hydrogens is 244 g/mol. The third kappa shape index (κ3) is 3.51. The Balaban J connectivity index is 0.00000144. The van der Waals surface area contributed by atoms with Crippen molar-refractivity contribution in [2.75, 3.05) is 19.7 Å². The van der Waals surface area contributed by atoms with Gasteiger partial charge in [-0.25, -0.2) is 0 Å². The van der Waals surface area contributed by atoms with Gasteiger partial charge in [0.15, 0.2) is 11.5 Å². The first-order chi connectivity index (χ1) is 7.79. The van der Waals surface area contributed by atoms with E-state index < -0.39 is 0 Å². The van der Waals surface area contributed by atoms with Crippen LogP contribution >= 0.6 is 12.4 Å². The molecule has 17 heavy (non-hydrogen) atoms. The summed E-state index contributed by atoms with van der Waals surface area (Å²) in [5, 5.41) is 2.66. The minimum absolute atomic E-state index is 0. The monoisotopic (exact) mass is 258 g/mol. The summed E-state index contributed by atoms with van der Waals surface area (Å²) in [5.41, 5.74) is 5.18. The first-order valence-corrected chi connectivity index (χ1v) is 5.15. The van der Waals surface area contributed by atoms with Crippen molar-refractivity contribution >= 4 is 18.3 Å². The number of nitrogens with one attached hydrogen (secondary N) is 1. The number of para-hydroxylation sites is 2. The topological polar surface area (TPSA) is 73.6 Å². The van der Waals surface area contributed by atoms with Crippen LogP contribution in [-0.2, 0) is 4.79 Å². The average molecular weight is 259 g/mol. The first kappa shape index (κ1) is 13.6. The van der Waals surface area contributed by atoms with Gasteiger partial charge in [0.05, 0.1) is 13.1 Å². The van der Waals surface area contributed by atoms with Crippen LogP contribution < -0.4 is 20.5 Å². The quantitative estimate of drug-likeness (QED) is 0.819. The standard InChI is InChI=1S/C11H14N2O3.ClH/c12-5-11(14)13-6-8-7-15-9-3-1-2-4-10(9)16-8;/h1-4,8H,5-7,12H2,(H,13,14);1H. The van der Waals surface area contributed by atoms with Crippen LogP contribution in [0.5, 0.6) is 11.5 Å². The fourth-order valence-electron chi connectivity index (χ4n) is 1.46. The van der Waals surface area contributed by atoms with Gasteiger partial charge < -0.3 is 20.5 Å². The van der Waals surface area contributed by atoms with Crippen molar-refractivity contribution in [3.8, 4) is 11.5 Å². The van der Waals surface area contributed by atoms with Crippen LogP contribution in [0.25, 0.3) is 0 Å². The summed E-state index contributed by atoms with van der Waals surface area (Å²) in [6.45, 7) is 0.830. The van der Waals surface area contributed by atoms with Crippen LogP contribution in [-0.4, -0.2) is 31.7 Å². The van der Waals surface area contributed by atoms with Gasteiger partial charge in [-0.1, -0.05) is 12.1 Å². The van der Waals surface area contributed by atoms with Crippen LogP contribution in [0.1, 0.15) is 0 Å². The highest BCUT2D eigenvalue weighted by atomic mass is 35.5. The van der Waals surface area contributed by atoms with E-state index in [1.807, 2.05) is 24.3 Å². The van der Waals surface area contributed by atoms with E-state index in [9.17, 15) is 4.79 Å². The highest BCUT2D eigenvalue weighted by molar-refractivity contribution is 5.85. The molecule has 1 aromatic carbocycles. The SMILES string of the molecule is Cl.NCC(=O)NCC1COc2ccccc2O1. The minimum atomic E-state index is -0.192. The molecule has 5 nitrogen and oxygen atoms in total. The van der Waals surface area contributed by atoms with Gasteiger partial charge >= 0.3 is 0 Å². The molecule has 0 fully saturated rings. The van der Waals surface area contributed by atoms with Crippen molar-refractivity contribution in [1.82, 2.24) is 5.32 Å². The molecule has 1 unspecified atom stereocenters. The molecule has 1 amide bonds. The number of fused-ring (bicyclic) bond motifs is 1. The number of nitrogens with two attached hydrogens (primary N) is 1. The molecule has 1 aromatic rings. The lowest BCUT2D eigenvalue weighted by Crippen LogP contribution is -2.42. The Kier molecular flexibility index (Phi) is 5.06.